The Morgan fingerprint density at radius 2 is 1.86 bits per heavy atom. The molecule has 2 rings (SSSR count). The van der Waals surface area contributed by atoms with Crippen molar-refractivity contribution in [3.63, 3.8) is 0 Å². The molecule has 0 amide bonds. The zero-order valence-corrected chi connectivity index (χ0v) is 11.6. The molecule has 0 bridgehead atoms. The van der Waals surface area contributed by atoms with Gasteiger partial charge in [0, 0.05) is 12.1 Å². The topological polar surface area (TPSA) is 66.9 Å². The van der Waals surface area contributed by atoms with E-state index in [1.54, 1.807) is 6.92 Å². The third-order valence-corrected chi connectivity index (χ3v) is 3.03. The monoisotopic (exact) mass is 313 g/mol. The van der Waals surface area contributed by atoms with Crippen LogP contribution in [0.3, 0.4) is 0 Å². The highest BCUT2D eigenvalue weighted by Gasteiger charge is 2.29. The molecule has 0 saturated carbocycles. The molecule has 5 nitrogen and oxygen atoms in total. The molecule has 0 aliphatic heterocycles. The van der Waals surface area contributed by atoms with Crippen LogP contribution in [0.25, 0.3) is 0 Å². The molecule has 22 heavy (non-hydrogen) atoms. The lowest BCUT2D eigenvalue weighted by Crippen LogP contribution is -2.39. The van der Waals surface area contributed by atoms with Crippen molar-refractivity contribution in [1.29, 1.82) is 0 Å². The van der Waals surface area contributed by atoms with E-state index in [9.17, 15) is 22.8 Å². The average Bonchev–Trinajstić information content (AvgIpc) is 2.43. The SMILES string of the molecule is C[C@H](Nc1cc(=O)n(CC(F)(F)F)c(=O)[nH]1)c1ccccc1. The Morgan fingerprint density at radius 3 is 2.41 bits per heavy atom. The average molecular weight is 313 g/mol. The van der Waals surface area contributed by atoms with Crippen molar-refractivity contribution >= 4 is 5.82 Å². The van der Waals surface area contributed by atoms with Crippen molar-refractivity contribution in [3.05, 3.63) is 62.8 Å². The van der Waals surface area contributed by atoms with Crippen molar-refractivity contribution in [2.45, 2.75) is 25.7 Å². The third kappa shape index (κ3) is 4.00. The molecule has 118 valence electrons. The molecular formula is C14H14F3N3O2. The van der Waals surface area contributed by atoms with Gasteiger partial charge in [0.05, 0.1) is 0 Å². The van der Waals surface area contributed by atoms with Crippen LogP contribution in [0.4, 0.5) is 19.0 Å². The number of hydrogen-bond donors (Lipinski definition) is 2. The molecule has 0 aliphatic carbocycles. The molecule has 2 aromatic rings. The second-order valence-corrected chi connectivity index (χ2v) is 4.80. The van der Waals surface area contributed by atoms with Crippen molar-refractivity contribution in [3.8, 4) is 0 Å². The Labute approximate surface area is 123 Å². The Balaban J connectivity index is 2.24. The maximum Gasteiger partial charge on any atom is 0.406 e. The number of aromatic nitrogens is 2. The summed E-state index contributed by atoms with van der Waals surface area (Å²) in [4.78, 5) is 25.5. The first kappa shape index (κ1) is 15.9. The van der Waals surface area contributed by atoms with Gasteiger partial charge in [0.15, 0.2) is 0 Å². The van der Waals surface area contributed by atoms with Crippen LogP contribution in [-0.2, 0) is 6.54 Å². The summed E-state index contributed by atoms with van der Waals surface area (Å²) in [5, 5.41) is 2.88. The largest absolute Gasteiger partial charge is 0.406 e. The van der Waals surface area contributed by atoms with Gasteiger partial charge in [0.25, 0.3) is 5.56 Å². The van der Waals surface area contributed by atoms with Crippen LogP contribution < -0.4 is 16.6 Å². The number of anilines is 1. The van der Waals surface area contributed by atoms with E-state index >= 15 is 0 Å². The fourth-order valence-electron chi connectivity index (χ4n) is 1.99. The molecule has 0 radical (unpaired) electrons. The van der Waals surface area contributed by atoms with Crippen LogP contribution in [0.15, 0.2) is 46.0 Å². The van der Waals surface area contributed by atoms with Gasteiger partial charge in [0.1, 0.15) is 12.4 Å². The van der Waals surface area contributed by atoms with Crippen LogP contribution >= 0.6 is 0 Å². The number of halogens is 3. The number of alkyl halides is 3. The highest BCUT2D eigenvalue weighted by Crippen LogP contribution is 2.17. The minimum absolute atomic E-state index is 0.0739. The molecule has 1 aromatic carbocycles. The van der Waals surface area contributed by atoms with Crippen molar-refractivity contribution in [2.24, 2.45) is 0 Å². The summed E-state index contributed by atoms with van der Waals surface area (Å²) in [6.07, 6.45) is -4.64. The predicted octanol–water partition coefficient (Wildman–Crippen LogP) is 2.27. The van der Waals surface area contributed by atoms with Crippen molar-refractivity contribution in [2.75, 3.05) is 5.32 Å². The molecule has 0 aliphatic rings. The summed E-state index contributed by atoms with van der Waals surface area (Å²) < 4.78 is 37.0. The van der Waals surface area contributed by atoms with Gasteiger partial charge in [-0.25, -0.2) is 4.79 Å². The second kappa shape index (κ2) is 6.08. The van der Waals surface area contributed by atoms with E-state index in [4.69, 9.17) is 0 Å². The van der Waals surface area contributed by atoms with Crippen LogP contribution in [0, 0.1) is 0 Å². The summed E-state index contributed by atoms with van der Waals surface area (Å²) in [6, 6.07) is 9.91. The smallest absolute Gasteiger partial charge is 0.365 e. The fourth-order valence-corrected chi connectivity index (χ4v) is 1.99. The first-order valence-corrected chi connectivity index (χ1v) is 6.48. The number of nitrogens with one attached hydrogen (secondary N) is 2. The maximum atomic E-state index is 12.3. The van der Waals surface area contributed by atoms with Gasteiger partial charge in [0.2, 0.25) is 0 Å². The second-order valence-electron chi connectivity index (χ2n) is 4.80. The Morgan fingerprint density at radius 1 is 1.23 bits per heavy atom. The van der Waals surface area contributed by atoms with Gasteiger partial charge >= 0.3 is 11.9 Å². The minimum atomic E-state index is -4.64. The Hall–Kier alpha value is -2.51. The van der Waals surface area contributed by atoms with Gasteiger partial charge in [-0.15, -0.1) is 0 Å². The van der Waals surface area contributed by atoms with Crippen LogP contribution in [0.5, 0.6) is 0 Å². The molecule has 2 N–H and O–H groups in total. The predicted molar refractivity (Wildman–Crippen MR) is 75.9 cm³/mol. The van der Waals surface area contributed by atoms with Crippen LogP contribution in [-0.4, -0.2) is 15.7 Å². The molecule has 1 atom stereocenters. The molecular weight excluding hydrogens is 299 g/mol. The first-order chi connectivity index (χ1) is 10.3. The van der Waals surface area contributed by atoms with Gasteiger partial charge in [-0.2, -0.15) is 13.2 Å². The summed E-state index contributed by atoms with van der Waals surface area (Å²) in [5.74, 6) is 0.0739. The minimum Gasteiger partial charge on any atom is -0.365 e. The number of aromatic amines is 1. The van der Waals surface area contributed by atoms with E-state index in [0.717, 1.165) is 11.6 Å². The third-order valence-electron chi connectivity index (χ3n) is 3.03. The lowest BCUT2D eigenvalue weighted by atomic mass is 10.1. The number of H-pyrrole nitrogens is 1. The quantitative estimate of drug-likeness (QED) is 0.910. The fraction of sp³-hybridized carbons (Fsp3) is 0.286. The zero-order chi connectivity index (χ0) is 16.3. The van der Waals surface area contributed by atoms with Gasteiger partial charge in [-0.05, 0) is 12.5 Å². The summed E-state index contributed by atoms with van der Waals surface area (Å²) in [5.41, 5.74) is -1.21. The Kier molecular flexibility index (Phi) is 4.39. The Bertz CT molecular complexity index is 719. The molecule has 0 fully saturated rings. The van der Waals surface area contributed by atoms with Gasteiger partial charge < -0.3 is 5.32 Å². The van der Waals surface area contributed by atoms with E-state index in [0.29, 0.717) is 0 Å². The molecule has 8 heteroatoms. The molecule has 1 aromatic heterocycles. The van der Waals surface area contributed by atoms with E-state index < -0.39 is 24.0 Å². The molecule has 0 saturated heterocycles. The van der Waals surface area contributed by atoms with E-state index in [1.807, 2.05) is 30.3 Å². The van der Waals surface area contributed by atoms with E-state index in [2.05, 4.69) is 10.3 Å². The normalized spacial score (nSPS) is 12.9. The number of hydrogen-bond acceptors (Lipinski definition) is 3. The lowest BCUT2D eigenvalue weighted by molar-refractivity contribution is -0.141. The van der Waals surface area contributed by atoms with Gasteiger partial charge in [-0.1, -0.05) is 30.3 Å². The lowest BCUT2D eigenvalue weighted by Gasteiger charge is -2.16. The van der Waals surface area contributed by atoms with Crippen LogP contribution in [0.2, 0.25) is 0 Å². The highest BCUT2D eigenvalue weighted by molar-refractivity contribution is 5.36. The van der Waals surface area contributed by atoms with E-state index in [1.165, 1.54) is 0 Å². The van der Waals surface area contributed by atoms with Gasteiger partial charge in [-0.3, -0.25) is 14.3 Å². The molecule has 1 heterocycles. The maximum absolute atomic E-state index is 12.3. The molecule has 0 unspecified atom stereocenters. The van der Waals surface area contributed by atoms with E-state index in [-0.39, 0.29) is 16.4 Å². The zero-order valence-electron chi connectivity index (χ0n) is 11.6. The number of benzene rings is 1. The van der Waals surface area contributed by atoms with Crippen molar-refractivity contribution in [1.82, 2.24) is 9.55 Å². The summed E-state index contributed by atoms with van der Waals surface area (Å²) in [7, 11) is 0. The first-order valence-electron chi connectivity index (χ1n) is 6.48. The number of rotatable bonds is 4. The summed E-state index contributed by atoms with van der Waals surface area (Å²) in [6.45, 7) is 0.185. The standard InChI is InChI=1S/C14H14F3N3O2/c1-9(10-5-3-2-4-6-10)18-11-7-12(21)20(13(22)19-11)8-14(15,16)17/h2-7,9,18H,8H2,1H3,(H,19,22)/t9-/m0/s1. The molecule has 0 spiro atoms. The van der Waals surface area contributed by atoms with Crippen molar-refractivity contribution < 1.29 is 13.2 Å². The van der Waals surface area contributed by atoms with Crippen LogP contribution in [0.1, 0.15) is 18.5 Å². The number of nitrogens with zero attached hydrogens (tertiary/aromatic N) is 1. The summed E-state index contributed by atoms with van der Waals surface area (Å²) >= 11 is 0. The highest BCUT2D eigenvalue weighted by atomic mass is 19.4.